The van der Waals surface area contributed by atoms with Crippen LogP contribution in [0.2, 0.25) is 10.3 Å². The van der Waals surface area contributed by atoms with Gasteiger partial charge in [-0.05, 0) is 216 Å². The molecule has 18 aromatic rings. The van der Waals surface area contributed by atoms with Crippen molar-refractivity contribution in [3.8, 4) is 11.3 Å². The molecule has 4 fully saturated rings. The normalized spacial score (nSPS) is 16.6. The number of benzene rings is 9. The number of nitrogens with zero attached hydrogens (tertiary/aromatic N) is 15. The Bertz CT molecular complexity index is 7840. The van der Waals surface area contributed by atoms with E-state index in [0.717, 1.165) is 166 Å². The molecular formula is C110H101Cl2N15O10. The summed E-state index contributed by atoms with van der Waals surface area (Å²) in [5.41, 5.74) is 15.7. The Morgan fingerprint density at radius 2 is 0.781 bits per heavy atom. The van der Waals surface area contributed by atoms with Crippen molar-refractivity contribution in [2.45, 2.75) is 128 Å². The van der Waals surface area contributed by atoms with Crippen molar-refractivity contribution in [3.63, 3.8) is 0 Å². The fourth-order valence-electron chi connectivity index (χ4n) is 19.8. The molecule has 0 aliphatic carbocycles. The van der Waals surface area contributed by atoms with Crippen LogP contribution in [-0.2, 0) is 46.4 Å². The Balaban J connectivity index is 0.000000117. The van der Waals surface area contributed by atoms with Crippen molar-refractivity contribution in [1.82, 2.24) is 72.9 Å². The summed E-state index contributed by atoms with van der Waals surface area (Å²) >= 11 is 11.9. The highest BCUT2D eigenvalue weighted by Gasteiger charge is 2.32. The minimum Gasteiger partial charge on any atom is -0.389 e. The van der Waals surface area contributed by atoms with Crippen LogP contribution >= 0.6 is 23.2 Å². The molecule has 4 aliphatic rings. The third kappa shape index (κ3) is 20.0. The minimum atomic E-state index is -0.734. The van der Waals surface area contributed by atoms with Crippen LogP contribution in [0.4, 0.5) is 0 Å². The SMILES string of the molecule is CC(=O)N1CCC(n2cnc3c(cc(Cc4ccc(Cl)nc4)c4ccccc43)c2=O)CC1.CCc1cc(Cc2cc3c(=O)n([C@H]4CCOC[C@@H]4O)cnc3c3ccccc23)ccn1.Cc1cc(-c2cc(Cc3cc4c(=O)n([C@H]5CCOC[C@@H]5O)cnc4c4ccccc34)ccn2)ccn1.O=C(CN1CCC(n2cnc3c(cc(Cc4ccc(Cl)nc4)c4ccccc43)c2=O)CC1)c1ccccc1. The fraction of sp³-hybridized carbons (Fsp3) is 0.264. The zero-order chi connectivity index (χ0) is 94.3. The lowest BCUT2D eigenvalue weighted by molar-refractivity contribution is -0.130. The van der Waals surface area contributed by atoms with E-state index in [1.807, 2.05) is 188 Å². The fourth-order valence-corrected chi connectivity index (χ4v) is 20.0. The smallest absolute Gasteiger partial charge is 0.261 e. The van der Waals surface area contributed by atoms with Crippen LogP contribution in [-0.4, -0.2) is 166 Å². The third-order valence-electron chi connectivity index (χ3n) is 26.9. The van der Waals surface area contributed by atoms with E-state index in [1.54, 1.807) is 81.2 Å². The van der Waals surface area contributed by atoms with Gasteiger partial charge in [-0.25, -0.2) is 29.9 Å². The maximum atomic E-state index is 13.8. The quantitative estimate of drug-likeness (QED) is 0.0486. The summed E-state index contributed by atoms with van der Waals surface area (Å²) in [5, 5.41) is 32.3. The van der Waals surface area contributed by atoms with Crippen molar-refractivity contribution >= 4 is 122 Å². The lowest BCUT2D eigenvalue weighted by Crippen LogP contribution is -2.40. The second kappa shape index (κ2) is 41.2. The number of aromatic nitrogens is 13. The Labute approximate surface area is 798 Å². The first-order chi connectivity index (χ1) is 66.8. The van der Waals surface area contributed by atoms with Gasteiger partial charge in [-0.15, -0.1) is 0 Å². The van der Waals surface area contributed by atoms with E-state index in [2.05, 4.69) is 83.1 Å². The van der Waals surface area contributed by atoms with Crippen LogP contribution in [0.3, 0.4) is 0 Å². The number of hydrogen-bond donors (Lipinski definition) is 2. The first-order valence-corrected chi connectivity index (χ1v) is 47.3. The van der Waals surface area contributed by atoms with Crippen LogP contribution in [0.15, 0.2) is 288 Å². The molecule has 4 atom stereocenters. The van der Waals surface area contributed by atoms with Gasteiger partial charge < -0.3 is 24.6 Å². The summed E-state index contributed by atoms with van der Waals surface area (Å²) in [6.07, 6.45) is 21.9. The molecule has 0 bridgehead atoms. The van der Waals surface area contributed by atoms with Crippen LogP contribution in [0.5, 0.6) is 0 Å². The summed E-state index contributed by atoms with van der Waals surface area (Å²) in [6, 6.07) is 68.8. The number of pyridine rings is 5. The third-order valence-corrected chi connectivity index (χ3v) is 27.4. The Kier molecular flexibility index (Phi) is 27.6. The average molecular weight is 1860 g/mol. The Morgan fingerprint density at radius 1 is 0.394 bits per heavy atom. The molecule has 1 amide bonds. The zero-order valence-corrected chi connectivity index (χ0v) is 77.6. The molecule has 2 N–H and O–H groups in total. The molecular weight excluding hydrogens is 1760 g/mol. The number of amides is 1. The summed E-state index contributed by atoms with van der Waals surface area (Å²) in [4.78, 5) is 123. The van der Waals surface area contributed by atoms with Gasteiger partial charge in [-0.2, -0.15) is 0 Å². The topological polar surface area (TPSA) is 304 Å². The second-order valence-electron chi connectivity index (χ2n) is 35.7. The van der Waals surface area contributed by atoms with Gasteiger partial charge in [-0.3, -0.25) is 66.9 Å². The lowest BCUT2D eigenvalue weighted by Gasteiger charge is -2.32. The number of aliphatic hydroxyl groups excluding tert-OH is 2. The highest BCUT2D eigenvalue weighted by Crippen LogP contribution is 2.37. The number of aliphatic hydroxyl groups is 2. The van der Waals surface area contributed by atoms with Gasteiger partial charge >= 0.3 is 0 Å². The first-order valence-electron chi connectivity index (χ1n) is 46.6. The van der Waals surface area contributed by atoms with Crippen molar-refractivity contribution in [2.75, 3.05) is 59.2 Å². The number of piperidine rings is 2. The minimum absolute atomic E-state index is 0.0185. The molecule has 0 radical (unpaired) electrons. The predicted molar refractivity (Wildman–Crippen MR) is 537 cm³/mol. The van der Waals surface area contributed by atoms with E-state index < -0.39 is 12.2 Å². The van der Waals surface area contributed by atoms with Gasteiger partial charge in [0.25, 0.3) is 22.2 Å². The molecule has 0 spiro atoms. The lowest BCUT2D eigenvalue weighted by atomic mass is 9.95. The number of halogens is 2. The van der Waals surface area contributed by atoms with Crippen molar-refractivity contribution < 1.29 is 29.3 Å². The maximum absolute atomic E-state index is 13.8. The largest absolute Gasteiger partial charge is 0.389 e. The molecule has 137 heavy (non-hydrogen) atoms. The summed E-state index contributed by atoms with van der Waals surface area (Å²) in [6.45, 7) is 10.4. The van der Waals surface area contributed by atoms with E-state index >= 15 is 0 Å². The number of ketones is 1. The van der Waals surface area contributed by atoms with E-state index in [1.165, 1.54) is 5.56 Å². The highest BCUT2D eigenvalue weighted by atomic mass is 35.5. The van der Waals surface area contributed by atoms with E-state index in [4.69, 9.17) is 42.6 Å². The average Bonchev–Trinajstić information content (AvgIpc) is 0.751. The van der Waals surface area contributed by atoms with E-state index in [9.17, 15) is 39.0 Å². The van der Waals surface area contributed by atoms with Crippen LogP contribution < -0.4 is 22.2 Å². The molecule has 4 saturated heterocycles. The first kappa shape index (κ1) is 91.9. The molecule has 690 valence electrons. The van der Waals surface area contributed by atoms with Gasteiger partial charge in [0.2, 0.25) is 5.91 Å². The number of aryl methyl sites for hydroxylation is 2. The second-order valence-corrected chi connectivity index (χ2v) is 36.5. The number of carbonyl (C=O) groups is 2. The summed E-state index contributed by atoms with van der Waals surface area (Å²) in [7, 11) is 0. The molecule has 9 aromatic carbocycles. The number of rotatable bonds is 17. The summed E-state index contributed by atoms with van der Waals surface area (Å²) in [5.74, 6) is 0.212. The Hall–Kier alpha value is -14.2. The number of carbonyl (C=O) groups excluding carboxylic acids is 2. The van der Waals surface area contributed by atoms with Crippen LogP contribution in [0, 0.1) is 6.92 Å². The zero-order valence-electron chi connectivity index (χ0n) is 76.1. The number of ether oxygens (including phenoxy) is 2. The molecule has 0 saturated carbocycles. The molecule has 27 heteroatoms. The van der Waals surface area contributed by atoms with Gasteiger partial charge in [0.05, 0.1) is 119 Å². The predicted octanol–water partition coefficient (Wildman–Crippen LogP) is 17.7. The standard InChI is InChI=1S/C31H27ClN4O2.C29H26N4O3.C25H23ClN4O2.C25H25N3O3/c32-29-11-10-21(18-33-29)16-23-17-27-30(26-9-5-4-8-25(23)26)34-20-36(31(27)38)24-12-14-35(15-13-24)19-28(37)22-6-2-1-3-7-22;1-18-12-20(7-10-30-18)25-14-19(6-9-31-25)13-21-15-24-28(23-5-3-2-4-22(21)23)32-17-33(29(24)35)26-8-11-36-16-27(26)34;1-16(31)29-10-8-19(9-11-29)30-15-28-24-21-5-3-2-4-20(21)18(13-22(24)25(30)32)12-17-6-7-23(26)27-14-17;1-2-18-12-16(7-9-26-18)11-17-13-21-24(20-6-4-3-5-19(17)20)27-15-28(25(21)30)22-8-10-31-14-23(22)29/h1-11,17-18,20,24H,12-16,19H2;2-7,9-10,12,14-15,17,26-27,34H,8,11,13,16H2,1H3;2-7,13-15,19H,8-12H2,1H3;3-7,9,12-13,15,22-23,29H,2,8,10-11,14H2,1H3/t;26-,27-;;22-,23-/m.0.0/s1. The van der Waals surface area contributed by atoms with Crippen LogP contribution in [0.1, 0.15) is 143 Å². The number of Topliss-reactive ketones (excluding diaryl/α,β-unsaturated/α-hetero) is 1. The molecule has 25 nitrogen and oxygen atoms in total. The Morgan fingerprint density at radius 3 is 1.19 bits per heavy atom. The number of fused-ring (bicyclic) bond motifs is 12. The van der Waals surface area contributed by atoms with Crippen LogP contribution in [0.25, 0.3) is 98.0 Å². The van der Waals surface area contributed by atoms with E-state index in [-0.39, 0.29) is 71.3 Å². The molecule has 0 unspecified atom stereocenters. The molecule has 4 aliphatic heterocycles. The van der Waals surface area contributed by atoms with Gasteiger partial charge in [0, 0.05) is 133 Å². The highest BCUT2D eigenvalue weighted by molar-refractivity contribution is 6.29. The van der Waals surface area contributed by atoms with E-state index in [0.29, 0.717) is 114 Å². The molecule has 13 heterocycles. The number of likely N-dealkylation sites (tertiary alicyclic amines) is 2. The molecule has 22 rings (SSSR count). The van der Waals surface area contributed by atoms with Crippen molar-refractivity contribution in [1.29, 1.82) is 0 Å². The van der Waals surface area contributed by atoms with Gasteiger partial charge in [0.15, 0.2) is 5.78 Å². The monoisotopic (exact) mass is 1860 g/mol. The molecule has 9 aromatic heterocycles. The number of hydrogen-bond acceptors (Lipinski definition) is 20. The van der Waals surface area contributed by atoms with Gasteiger partial charge in [0.1, 0.15) is 10.3 Å². The van der Waals surface area contributed by atoms with Crippen molar-refractivity contribution in [2.24, 2.45) is 0 Å². The van der Waals surface area contributed by atoms with Crippen molar-refractivity contribution in [3.05, 3.63) is 382 Å². The van der Waals surface area contributed by atoms with Gasteiger partial charge in [-0.1, -0.05) is 170 Å². The maximum Gasteiger partial charge on any atom is 0.261 e. The summed E-state index contributed by atoms with van der Waals surface area (Å²) < 4.78 is 17.4.